The number of carbonyl (C=O) groups excluding carboxylic acids is 2. The Labute approximate surface area is 222 Å². The molecule has 37 heavy (non-hydrogen) atoms. The zero-order valence-corrected chi connectivity index (χ0v) is 21.1. The Morgan fingerprint density at radius 2 is 1.68 bits per heavy atom. The van der Waals surface area contributed by atoms with E-state index in [0.717, 1.165) is 34.9 Å². The van der Waals surface area contributed by atoms with Crippen LogP contribution in [0.25, 0.3) is 6.08 Å². The van der Waals surface area contributed by atoms with Crippen LogP contribution in [0.15, 0.2) is 76.1 Å². The molecule has 3 aromatic rings. The molecule has 0 unspecified atom stereocenters. The molecule has 1 saturated heterocycles. The zero-order chi connectivity index (χ0) is 26.5. The van der Waals surface area contributed by atoms with E-state index in [-0.39, 0.29) is 29.6 Å². The minimum atomic E-state index is -0.788. The second-order valence-electron chi connectivity index (χ2n) is 7.45. The van der Waals surface area contributed by atoms with E-state index in [2.05, 4.69) is 15.9 Å². The Bertz CT molecular complexity index is 1430. The average Bonchev–Trinajstić information content (AvgIpc) is 3.13. The summed E-state index contributed by atoms with van der Waals surface area (Å²) in [5.74, 6) is 0.0123. The molecule has 2 amide bonds. The standard InChI is InChI=1S/C24H16BrN3O8S/c25-16-6-8-20(36-21-9-7-17(27(31)32)14-19(21)28(33)34)15(12-16)13-22-23(29)26(24(30)37-22)10-11-35-18-4-2-1-3-5-18/h1-9,12-14H,10-11H2/b22-13-. The molecule has 1 fully saturated rings. The van der Waals surface area contributed by atoms with E-state index in [1.165, 1.54) is 12.1 Å². The van der Waals surface area contributed by atoms with E-state index in [0.29, 0.717) is 15.8 Å². The average molecular weight is 586 g/mol. The number of para-hydroxylation sites is 1. The molecule has 0 atom stereocenters. The fourth-order valence-corrected chi connectivity index (χ4v) is 4.53. The van der Waals surface area contributed by atoms with E-state index < -0.39 is 32.4 Å². The summed E-state index contributed by atoms with van der Waals surface area (Å²) in [6, 6.07) is 16.7. The predicted octanol–water partition coefficient (Wildman–Crippen LogP) is 6.17. The number of amides is 2. The molecule has 0 N–H and O–H groups in total. The Balaban J connectivity index is 1.56. The summed E-state index contributed by atoms with van der Waals surface area (Å²) >= 11 is 4.08. The molecule has 1 aliphatic rings. The quantitative estimate of drug-likeness (QED) is 0.163. The molecule has 1 heterocycles. The van der Waals surface area contributed by atoms with Crippen molar-refractivity contribution < 1.29 is 28.9 Å². The van der Waals surface area contributed by atoms with Gasteiger partial charge in [-0.3, -0.25) is 34.7 Å². The van der Waals surface area contributed by atoms with E-state index in [9.17, 15) is 29.8 Å². The molecule has 0 bridgehead atoms. The number of nitro groups is 2. The molecule has 0 radical (unpaired) electrons. The van der Waals surface area contributed by atoms with Crippen LogP contribution in [-0.4, -0.2) is 39.0 Å². The van der Waals surface area contributed by atoms with Gasteiger partial charge in [0.1, 0.15) is 18.1 Å². The fourth-order valence-electron chi connectivity index (χ4n) is 3.30. The van der Waals surface area contributed by atoms with Gasteiger partial charge in [0.25, 0.3) is 16.8 Å². The van der Waals surface area contributed by atoms with Crippen molar-refractivity contribution in [1.82, 2.24) is 4.90 Å². The molecular formula is C24H16BrN3O8S. The van der Waals surface area contributed by atoms with Gasteiger partial charge in [-0.2, -0.15) is 0 Å². The lowest BCUT2D eigenvalue weighted by molar-refractivity contribution is -0.394. The third kappa shape index (κ3) is 6.13. The van der Waals surface area contributed by atoms with Crippen molar-refractivity contribution in [1.29, 1.82) is 0 Å². The van der Waals surface area contributed by atoms with Gasteiger partial charge in [0.05, 0.1) is 27.4 Å². The molecule has 0 aromatic heterocycles. The molecule has 0 saturated carbocycles. The van der Waals surface area contributed by atoms with Crippen molar-refractivity contribution in [3.8, 4) is 17.2 Å². The Kier molecular flexibility index (Phi) is 7.84. The van der Waals surface area contributed by atoms with Crippen molar-refractivity contribution in [2.75, 3.05) is 13.2 Å². The molecular weight excluding hydrogens is 570 g/mol. The van der Waals surface area contributed by atoms with E-state index in [1.807, 2.05) is 6.07 Å². The van der Waals surface area contributed by atoms with Gasteiger partial charge in [-0.05, 0) is 54.2 Å². The van der Waals surface area contributed by atoms with Gasteiger partial charge in [-0.1, -0.05) is 34.1 Å². The third-order valence-electron chi connectivity index (χ3n) is 5.03. The molecule has 13 heteroatoms. The molecule has 3 aromatic carbocycles. The molecule has 11 nitrogen and oxygen atoms in total. The Hall–Kier alpha value is -4.23. The van der Waals surface area contributed by atoms with Gasteiger partial charge in [0.15, 0.2) is 0 Å². The fraction of sp³-hybridized carbons (Fsp3) is 0.0833. The lowest BCUT2D eigenvalue weighted by atomic mass is 10.1. The summed E-state index contributed by atoms with van der Waals surface area (Å²) in [6.45, 7) is 0.165. The molecule has 0 aliphatic carbocycles. The lowest BCUT2D eigenvalue weighted by Crippen LogP contribution is -2.32. The Morgan fingerprint density at radius 3 is 2.38 bits per heavy atom. The van der Waals surface area contributed by atoms with Crippen LogP contribution in [0.5, 0.6) is 17.2 Å². The maximum atomic E-state index is 12.9. The van der Waals surface area contributed by atoms with Crippen LogP contribution in [-0.2, 0) is 4.79 Å². The maximum Gasteiger partial charge on any atom is 0.318 e. The highest BCUT2D eigenvalue weighted by atomic mass is 79.9. The lowest BCUT2D eigenvalue weighted by Gasteiger charge is -2.13. The summed E-state index contributed by atoms with van der Waals surface area (Å²) in [6.07, 6.45) is 1.44. The minimum Gasteiger partial charge on any atom is -0.492 e. The number of hydrogen-bond acceptors (Lipinski definition) is 9. The summed E-state index contributed by atoms with van der Waals surface area (Å²) < 4.78 is 11.9. The predicted molar refractivity (Wildman–Crippen MR) is 139 cm³/mol. The van der Waals surface area contributed by atoms with Crippen molar-refractivity contribution in [2.24, 2.45) is 0 Å². The van der Waals surface area contributed by atoms with E-state index >= 15 is 0 Å². The summed E-state index contributed by atoms with van der Waals surface area (Å²) in [7, 11) is 0. The second kappa shape index (κ2) is 11.2. The number of carbonyl (C=O) groups is 2. The highest BCUT2D eigenvalue weighted by Gasteiger charge is 2.35. The number of nitro benzene ring substituents is 2. The van der Waals surface area contributed by atoms with Crippen molar-refractivity contribution in [3.63, 3.8) is 0 Å². The largest absolute Gasteiger partial charge is 0.492 e. The SMILES string of the molecule is O=C1S/C(=C\c2cc(Br)ccc2Oc2ccc([N+](=O)[O-])cc2[N+](=O)[O-])C(=O)N1CCOc1ccccc1. The normalized spacial score (nSPS) is 14.2. The van der Waals surface area contributed by atoms with Crippen molar-refractivity contribution >= 4 is 56.3 Å². The van der Waals surface area contributed by atoms with Crippen LogP contribution in [0, 0.1) is 20.2 Å². The second-order valence-corrected chi connectivity index (χ2v) is 9.35. The smallest absolute Gasteiger partial charge is 0.318 e. The summed E-state index contributed by atoms with van der Waals surface area (Å²) in [4.78, 5) is 47.5. The number of ether oxygens (including phenoxy) is 2. The van der Waals surface area contributed by atoms with E-state index in [4.69, 9.17) is 9.47 Å². The van der Waals surface area contributed by atoms with Crippen LogP contribution in [0.4, 0.5) is 16.2 Å². The number of nitrogens with zero attached hydrogens (tertiary/aromatic N) is 3. The molecule has 4 rings (SSSR count). The number of thioether (sulfide) groups is 1. The van der Waals surface area contributed by atoms with Crippen molar-refractivity contribution in [2.45, 2.75) is 0 Å². The zero-order valence-electron chi connectivity index (χ0n) is 18.7. The van der Waals surface area contributed by atoms with Gasteiger partial charge in [-0.25, -0.2) is 0 Å². The maximum absolute atomic E-state index is 12.9. The number of hydrogen-bond donors (Lipinski definition) is 0. The highest BCUT2D eigenvalue weighted by molar-refractivity contribution is 9.10. The van der Waals surface area contributed by atoms with Gasteiger partial charge in [0, 0.05) is 16.1 Å². The topological polar surface area (TPSA) is 142 Å². The van der Waals surface area contributed by atoms with Crippen molar-refractivity contribution in [3.05, 3.63) is 102 Å². The first kappa shape index (κ1) is 25.9. The van der Waals surface area contributed by atoms with Crippen LogP contribution < -0.4 is 9.47 Å². The van der Waals surface area contributed by atoms with Crippen LogP contribution >= 0.6 is 27.7 Å². The minimum absolute atomic E-state index is 0.0493. The van der Waals surface area contributed by atoms with Gasteiger partial charge >= 0.3 is 5.69 Å². The first-order chi connectivity index (χ1) is 17.7. The van der Waals surface area contributed by atoms with Crippen LogP contribution in [0.1, 0.15) is 5.56 Å². The first-order valence-electron chi connectivity index (χ1n) is 10.6. The van der Waals surface area contributed by atoms with Gasteiger partial charge in [0.2, 0.25) is 5.75 Å². The third-order valence-corrected chi connectivity index (χ3v) is 6.43. The van der Waals surface area contributed by atoms with Crippen LogP contribution in [0.2, 0.25) is 0 Å². The highest BCUT2D eigenvalue weighted by Crippen LogP contribution is 2.39. The molecule has 0 spiro atoms. The van der Waals surface area contributed by atoms with Gasteiger partial charge in [-0.15, -0.1) is 0 Å². The Morgan fingerprint density at radius 1 is 0.946 bits per heavy atom. The number of rotatable bonds is 9. The number of imide groups is 1. The van der Waals surface area contributed by atoms with Gasteiger partial charge < -0.3 is 9.47 Å². The molecule has 1 aliphatic heterocycles. The van der Waals surface area contributed by atoms with Crippen LogP contribution in [0.3, 0.4) is 0 Å². The monoisotopic (exact) mass is 585 g/mol. The summed E-state index contributed by atoms with van der Waals surface area (Å²) in [5.41, 5.74) is -0.699. The summed E-state index contributed by atoms with van der Waals surface area (Å²) in [5, 5.41) is 22.0. The first-order valence-corrected chi connectivity index (χ1v) is 12.2. The molecule has 188 valence electrons. The number of non-ortho nitro benzene ring substituents is 1. The number of halogens is 1. The van der Waals surface area contributed by atoms with E-state index in [1.54, 1.807) is 36.4 Å². The number of benzene rings is 3.